The van der Waals surface area contributed by atoms with Gasteiger partial charge in [0.15, 0.2) is 8.32 Å². The molecular weight excluding hydrogens is 256 g/mol. The average Bonchev–Trinajstić information content (AvgIpc) is 2.29. The largest absolute Gasteiger partial charge is 0.417 e. The van der Waals surface area contributed by atoms with Gasteiger partial charge in [0.1, 0.15) is 6.04 Å². The molecule has 0 aromatic rings. The molecule has 0 radical (unpaired) electrons. The first kappa shape index (κ1) is 18.3. The highest BCUT2D eigenvalue weighted by atomic mass is 28.4. The van der Waals surface area contributed by atoms with Crippen LogP contribution in [0.25, 0.3) is 0 Å². The van der Waals surface area contributed by atoms with E-state index in [1.54, 1.807) is 0 Å². The molecule has 0 saturated carbocycles. The molecule has 0 heterocycles. The number of hydrogen-bond acceptors (Lipinski definition) is 3. The lowest BCUT2D eigenvalue weighted by Crippen LogP contribution is -2.40. The van der Waals surface area contributed by atoms with Crippen molar-refractivity contribution in [2.24, 2.45) is 5.73 Å². The van der Waals surface area contributed by atoms with Crippen molar-refractivity contribution in [3.05, 3.63) is 12.2 Å². The van der Waals surface area contributed by atoms with Crippen LogP contribution in [0.15, 0.2) is 12.2 Å². The molecule has 0 bridgehead atoms. The van der Waals surface area contributed by atoms with Crippen molar-refractivity contribution in [1.82, 2.24) is 5.32 Å². The molecule has 5 heteroatoms. The summed E-state index contributed by atoms with van der Waals surface area (Å²) < 4.78 is 5.74. The summed E-state index contributed by atoms with van der Waals surface area (Å²) in [6.07, 6.45) is 8.07. The molecule has 1 amide bonds. The van der Waals surface area contributed by atoms with E-state index in [0.29, 0.717) is 6.61 Å². The molecule has 0 aliphatic heterocycles. The van der Waals surface area contributed by atoms with Gasteiger partial charge in [0.05, 0.1) is 0 Å². The minimum absolute atomic E-state index is 0.320. The summed E-state index contributed by atoms with van der Waals surface area (Å²) in [5.74, 6) is -0.320. The molecule has 0 spiro atoms. The van der Waals surface area contributed by atoms with Gasteiger partial charge in [-0.2, -0.15) is 0 Å². The zero-order chi connectivity index (χ0) is 14.7. The Morgan fingerprint density at radius 3 is 2.58 bits per heavy atom. The van der Waals surface area contributed by atoms with Gasteiger partial charge in [-0.1, -0.05) is 31.9 Å². The number of rotatable bonds is 11. The molecule has 112 valence electrons. The number of primary amides is 1. The van der Waals surface area contributed by atoms with E-state index in [4.69, 9.17) is 10.2 Å². The van der Waals surface area contributed by atoms with Crippen molar-refractivity contribution in [1.29, 1.82) is 0 Å². The molecule has 4 nitrogen and oxygen atoms in total. The molecule has 3 N–H and O–H groups in total. The van der Waals surface area contributed by atoms with Crippen molar-refractivity contribution in [3.8, 4) is 0 Å². The summed E-state index contributed by atoms with van der Waals surface area (Å²) in [5.41, 5.74) is 5.36. The maximum atomic E-state index is 11.3. The number of hydrogen-bond donors (Lipinski definition) is 2. The molecule has 0 saturated heterocycles. The van der Waals surface area contributed by atoms with Gasteiger partial charge in [-0.25, -0.2) is 0 Å². The number of unbranched alkanes of at least 4 members (excludes halogenated alkanes) is 2. The van der Waals surface area contributed by atoms with Gasteiger partial charge < -0.3 is 15.5 Å². The lowest BCUT2D eigenvalue weighted by molar-refractivity contribution is -0.118. The van der Waals surface area contributed by atoms with Crippen molar-refractivity contribution < 1.29 is 9.22 Å². The Hall–Kier alpha value is -0.653. The van der Waals surface area contributed by atoms with Gasteiger partial charge in [-0.15, -0.1) is 0 Å². The van der Waals surface area contributed by atoms with Crippen LogP contribution in [-0.2, 0) is 9.22 Å². The Morgan fingerprint density at radius 2 is 2.05 bits per heavy atom. The summed E-state index contributed by atoms with van der Waals surface area (Å²) in [7, 11) is -1.43. The number of amides is 1. The van der Waals surface area contributed by atoms with E-state index in [1.807, 2.05) is 12.2 Å². The third-order valence-electron chi connectivity index (χ3n) is 2.60. The second-order valence-electron chi connectivity index (χ2n) is 5.72. The highest BCUT2D eigenvalue weighted by Crippen LogP contribution is 2.03. The van der Waals surface area contributed by atoms with E-state index in [9.17, 15) is 4.79 Å². The van der Waals surface area contributed by atoms with Gasteiger partial charge in [-0.05, 0) is 39.0 Å². The van der Waals surface area contributed by atoms with E-state index >= 15 is 0 Å². The van der Waals surface area contributed by atoms with Crippen molar-refractivity contribution in [2.45, 2.75) is 58.3 Å². The molecule has 1 unspecified atom stereocenters. The third-order valence-corrected chi connectivity index (χ3v) is 3.67. The zero-order valence-corrected chi connectivity index (χ0v) is 13.9. The number of carbonyl (C=O) groups is 1. The maximum absolute atomic E-state index is 11.3. The first-order valence-corrected chi connectivity index (χ1v) is 10.6. The molecule has 0 aromatic carbocycles. The monoisotopic (exact) mass is 286 g/mol. The summed E-state index contributed by atoms with van der Waals surface area (Å²) >= 11 is 0. The SMILES string of the molecule is CCCCCNC(/C=C/CCO[Si](C)(C)C)C(N)=O. The Morgan fingerprint density at radius 1 is 1.37 bits per heavy atom. The molecule has 0 aliphatic carbocycles. The van der Waals surface area contributed by atoms with E-state index in [1.165, 1.54) is 12.8 Å². The second kappa shape index (κ2) is 10.2. The van der Waals surface area contributed by atoms with Crippen LogP contribution < -0.4 is 11.1 Å². The third kappa shape index (κ3) is 12.1. The van der Waals surface area contributed by atoms with Crippen LogP contribution in [0.1, 0.15) is 32.6 Å². The fourth-order valence-electron chi connectivity index (χ4n) is 1.56. The Bertz CT molecular complexity index is 275. The predicted molar refractivity (Wildman–Crippen MR) is 83.6 cm³/mol. The highest BCUT2D eigenvalue weighted by molar-refractivity contribution is 6.69. The summed E-state index contributed by atoms with van der Waals surface area (Å²) in [6, 6.07) is -0.358. The summed E-state index contributed by atoms with van der Waals surface area (Å²) in [4.78, 5) is 11.3. The Labute approximate surface area is 118 Å². The molecule has 0 rings (SSSR count). The van der Waals surface area contributed by atoms with Gasteiger partial charge in [-0.3, -0.25) is 4.79 Å². The molecule has 0 aromatic heterocycles. The number of nitrogens with one attached hydrogen (secondary N) is 1. The standard InChI is InChI=1S/C14H30N2O2Si/c1-5-6-8-11-16-13(14(15)17)10-7-9-12-18-19(2,3)4/h7,10,13,16H,5-6,8-9,11-12H2,1-4H3,(H2,15,17)/b10-7+. The molecular formula is C14H30N2O2Si. The number of carbonyl (C=O) groups excluding carboxylic acids is 1. The van der Waals surface area contributed by atoms with Crippen LogP contribution in [-0.4, -0.2) is 33.4 Å². The first-order chi connectivity index (χ1) is 8.87. The fourth-order valence-corrected chi connectivity index (χ4v) is 2.29. The van der Waals surface area contributed by atoms with E-state index in [-0.39, 0.29) is 11.9 Å². The molecule has 1 atom stereocenters. The Balaban J connectivity index is 3.89. The smallest absolute Gasteiger partial charge is 0.238 e. The van der Waals surface area contributed by atoms with E-state index < -0.39 is 8.32 Å². The first-order valence-electron chi connectivity index (χ1n) is 7.20. The average molecular weight is 286 g/mol. The van der Waals surface area contributed by atoms with Gasteiger partial charge in [0, 0.05) is 6.61 Å². The number of nitrogens with two attached hydrogens (primary N) is 1. The van der Waals surface area contributed by atoms with Gasteiger partial charge >= 0.3 is 0 Å². The maximum Gasteiger partial charge on any atom is 0.238 e. The summed E-state index contributed by atoms with van der Waals surface area (Å²) in [6.45, 7) is 10.2. The van der Waals surface area contributed by atoms with E-state index in [2.05, 4.69) is 31.9 Å². The van der Waals surface area contributed by atoms with Crippen LogP contribution in [0.4, 0.5) is 0 Å². The zero-order valence-electron chi connectivity index (χ0n) is 12.9. The predicted octanol–water partition coefficient (Wildman–Crippen LogP) is 2.42. The van der Waals surface area contributed by atoms with E-state index in [0.717, 1.165) is 19.4 Å². The Kier molecular flexibility index (Phi) is 9.82. The van der Waals surface area contributed by atoms with Crippen LogP contribution in [0.2, 0.25) is 19.6 Å². The van der Waals surface area contributed by atoms with Crippen molar-refractivity contribution in [3.63, 3.8) is 0 Å². The van der Waals surface area contributed by atoms with Crippen LogP contribution >= 0.6 is 0 Å². The lowest BCUT2D eigenvalue weighted by Gasteiger charge is -2.16. The van der Waals surface area contributed by atoms with Crippen molar-refractivity contribution in [2.75, 3.05) is 13.2 Å². The normalized spacial score (nSPS) is 13.9. The molecule has 19 heavy (non-hydrogen) atoms. The molecule has 0 fully saturated rings. The van der Waals surface area contributed by atoms with Crippen LogP contribution in [0.3, 0.4) is 0 Å². The summed E-state index contributed by atoms with van der Waals surface area (Å²) in [5, 5.41) is 3.17. The fraction of sp³-hybridized carbons (Fsp3) is 0.786. The van der Waals surface area contributed by atoms with Gasteiger partial charge in [0.2, 0.25) is 5.91 Å². The minimum atomic E-state index is -1.43. The molecule has 0 aliphatic rings. The van der Waals surface area contributed by atoms with Crippen molar-refractivity contribution >= 4 is 14.2 Å². The highest BCUT2D eigenvalue weighted by Gasteiger charge is 2.13. The van der Waals surface area contributed by atoms with Crippen LogP contribution in [0.5, 0.6) is 0 Å². The van der Waals surface area contributed by atoms with Gasteiger partial charge in [0.25, 0.3) is 0 Å². The lowest BCUT2D eigenvalue weighted by atomic mass is 10.2. The second-order valence-corrected chi connectivity index (χ2v) is 10.2. The quantitative estimate of drug-likeness (QED) is 0.348. The van der Waals surface area contributed by atoms with Crippen LogP contribution in [0, 0.1) is 0 Å². The minimum Gasteiger partial charge on any atom is -0.417 e. The topological polar surface area (TPSA) is 64.3 Å².